The van der Waals surface area contributed by atoms with E-state index in [-0.39, 0.29) is 0 Å². The van der Waals surface area contributed by atoms with Crippen molar-refractivity contribution in [2.45, 2.75) is 20.8 Å². The highest BCUT2D eigenvalue weighted by molar-refractivity contribution is 6.12. The van der Waals surface area contributed by atoms with E-state index < -0.39 is 0 Å². The third-order valence-electron chi connectivity index (χ3n) is 17.0. The molecule has 0 spiro atoms. The maximum Gasteiger partial charge on any atom is 0.144 e. The first-order chi connectivity index (χ1) is 47.3. The summed E-state index contributed by atoms with van der Waals surface area (Å²) in [5.41, 5.74) is 23.4. The molecule has 96 heavy (non-hydrogen) atoms. The van der Waals surface area contributed by atoms with Crippen LogP contribution in [0.3, 0.4) is 0 Å². The summed E-state index contributed by atoms with van der Waals surface area (Å²) in [6.07, 6.45) is 11.0. The standard InChI is InChI=1S/3C28H19N3O/c1-18-30-25(20-8-4-7-19(15-20)21-9-6-14-29-17-21)16-26(31-18)24-12-5-11-23-22-10-2-3-13-27(22)32-28(23)24;1-18-30-24(20-13-11-19(12-14-20)21-6-5-15-29-17-21)16-25(31-18)22-8-4-10-27-28(22)23-7-2-3-9-26(23)32-27;1-18-30-25(20-10-8-19(9-11-20)22-5-4-14-29-17-22)16-26(31-18)21-12-13-28-24(15-21)23-6-2-3-7-27(23)32-28/h3*2-17H,1H3. The predicted molar refractivity (Wildman–Crippen MR) is 384 cm³/mol. The lowest BCUT2D eigenvalue weighted by molar-refractivity contribution is 0.668. The highest BCUT2D eigenvalue weighted by atomic mass is 16.3. The Balaban J connectivity index is 0.000000113. The average Bonchev–Trinajstić information content (AvgIpc) is 1.57. The van der Waals surface area contributed by atoms with E-state index in [0.717, 1.165) is 184 Å². The summed E-state index contributed by atoms with van der Waals surface area (Å²) in [6.45, 7) is 5.80. The minimum Gasteiger partial charge on any atom is -0.456 e. The van der Waals surface area contributed by atoms with Crippen molar-refractivity contribution in [2.75, 3.05) is 0 Å². The molecule has 0 bridgehead atoms. The van der Waals surface area contributed by atoms with Crippen molar-refractivity contribution >= 4 is 65.8 Å². The van der Waals surface area contributed by atoms with Crippen LogP contribution in [-0.2, 0) is 0 Å². The van der Waals surface area contributed by atoms with Gasteiger partial charge in [-0.15, -0.1) is 0 Å². The fourth-order valence-corrected chi connectivity index (χ4v) is 12.5. The maximum atomic E-state index is 6.23. The Morgan fingerprint density at radius 2 is 0.604 bits per heavy atom. The molecule has 456 valence electrons. The molecule has 0 fully saturated rings. The first kappa shape index (κ1) is 58.2. The highest BCUT2D eigenvalue weighted by Crippen LogP contribution is 2.40. The first-order valence-corrected chi connectivity index (χ1v) is 31.6. The van der Waals surface area contributed by atoms with Gasteiger partial charge >= 0.3 is 0 Å². The van der Waals surface area contributed by atoms with E-state index in [1.807, 2.05) is 136 Å². The number of nitrogens with zero attached hydrogens (tertiary/aromatic N) is 9. The number of hydrogen-bond acceptors (Lipinski definition) is 12. The quantitative estimate of drug-likeness (QED) is 0.135. The van der Waals surface area contributed by atoms with Crippen molar-refractivity contribution in [1.29, 1.82) is 0 Å². The van der Waals surface area contributed by atoms with E-state index in [0.29, 0.717) is 0 Å². The monoisotopic (exact) mass is 1240 g/mol. The molecule has 0 amide bonds. The van der Waals surface area contributed by atoms with Crippen molar-refractivity contribution in [1.82, 2.24) is 44.9 Å². The van der Waals surface area contributed by atoms with E-state index >= 15 is 0 Å². The van der Waals surface area contributed by atoms with Gasteiger partial charge < -0.3 is 13.3 Å². The van der Waals surface area contributed by atoms with Crippen LogP contribution < -0.4 is 0 Å². The molecule has 0 atom stereocenters. The molecule has 0 aliphatic rings. The van der Waals surface area contributed by atoms with Gasteiger partial charge in [-0.2, -0.15) is 0 Å². The highest BCUT2D eigenvalue weighted by Gasteiger charge is 2.18. The van der Waals surface area contributed by atoms with Gasteiger partial charge in [0, 0.05) is 108 Å². The summed E-state index contributed by atoms with van der Waals surface area (Å²) in [7, 11) is 0. The number of para-hydroxylation sites is 4. The average molecular weight is 1240 g/mol. The number of hydrogen-bond donors (Lipinski definition) is 0. The van der Waals surface area contributed by atoms with Gasteiger partial charge in [0.1, 0.15) is 51.0 Å². The number of aryl methyl sites for hydroxylation is 3. The molecule has 9 heterocycles. The van der Waals surface area contributed by atoms with Gasteiger partial charge in [0.25, 0.3) is 0 Å². The minimum atomic E-state index is 0.720. The van der Waals surface area contributed by atoms with Gasteiger partial charge in [0.05, 0.1) is 34.2 Å². The Hall–Kier alpha value is -12.9. The molecule has 18 aromatic rings. The zero-order chi connectivity index (χ0) is 64.5. The zero-order valence-electron chi connectivity index (χ0n) is 52.5. The molecular formula is C84H57N9O3. The van der Waals surface area contributed by atoms with Crippen molar-refractivity contribution in [3.05, 3.63) is 309 Å². The van der Waals surface area contributed by atoms with Crippen molar-refractivity contribution in [3.8, 4) is 101 Å². The molecule has 12 heteroatoms. The van der Waals surface area contributed by atoms with Crippen molar-refractivity contribution in [3.63, 3.8) is 0 Å². The summed E-state index contributed by atoms with van der Waals surface area (Å²) in [4.78, 5) is 41.0. The molecule has 0 aliphatic carbocycles. The van der Waals surface area contributed by atoms with Crippen LogP contribution in [0.5, 0.6) is 0 Å². The molecular weight excluding hydrogens is 1180 g/mol. The molecule has 12 nitrogen and oxygen atoms in total. The Morgan fingerprint density at radius 3 is 1.19 bits per heavy atom. The van der Waals surface area contributed by atoms with E-state index in [9.17, 15) is 0 Å². The van der Waals surface area contributed by atoms with Crippen LogP contribution in [0.25, 0.3) is 167 Å². The summed E-state index contributed by atoms with van der Waals surface area (Å²) < 4.78 is 18.3. The fourth-order valence-electron chi connectivity index (χ4n) is 12.5. The smallest absolute Gasteiger partial charge is 0.144 e. The Labute approximate surface area is 552 Å². The molecule has 18 rings (SSSR count). The SMILES string of the molecule is Cc1nc(-c2ccc(-c3cccnc3)cc2)cc(-c2ccc3oc4ccccc4c3c2)n1.Cc1nc(-c2ccc(-c3cccnc3)cc2)cc(-c2cccc3oc4ccccc4c23)n1.Cc1nc(-c2cccc(-c3cccnc3)c2)cc(-c2cccc3c2oc2ccccc23)n1. The largest absolute Gasteiger partial charge is 0.456 e. The second kappa shape index (κ2) is 25.3. The summed E-state index contributed by atoms with van der Waals surface area (Å²) in [5, 5.41) is 6.59. The lowest BCUT2D eigenvalue weighted by atomic mass is 10.0. The Kier molecular flexibility index (Phi) is 15.3. The third kappa shape index (κ3) is 11.7. The molecule has 0 unspecified atom stereocenters. The van der Waals surface area contributed by atoms with Gasteiger partial charge in [0.15, 0.2) is 0 Å². The predicted octanol–water partition coefficient (Wildman–Crippen LogP) is 21.2. The van der Waals surface area contributed by atoms with Crippen LogP contribution in [0.2, 0.25) is 0 Å². The van der Waals surface area contributed by atoms with Gasteiger partial charge in [-0.25, -0.2) is 29.9 Å². The van der Waals surface area contributed by atoms with Crippen LogP contribution in [0.1, 0.15) is 17.5 Å². The lowest BCUT2D eigenvalue weighted by Crippen LogP contribution is -1.95. The Morgan fingerprint density at radius 1 is 0.229 bits per heavy atom. The van der Waals surface area contributed by atoms with Crippen LogP contribution >= 0.6 is 0 Å². The van der Waals surface area contributed by atoms with Crippen LogP contribution in [0, 0.1) is 20.8 Å². The van der Waals surface area contributed by atoms with Crippen LogP contribution in [0.15, 0.2) is 305 Å². The van der Waals surface area contributed by atoms with E-state index in [1.165, 1.54) is 0 Å². The normalized spacial score (nSPS) is 11.3. The third-order valence-corrected chi connectivity index (χ3v) is 17.0. The second-order valence-electron chi connectivity index (χ2n) is 23.4. The second-order valence-corrected chi connectivity index (χ2v) is 23.4. The fraction of sp³-hybridized carbons (Fsp3) is 0.0357. The molecule has 0 saturated carbocycles. The number of pyridine rings is 3. The van der Waals surface area contributed by atoms with Crippen LogP contribution in [-0.4, -0.2) is 44.9 Å². The van der Waals surface area contributed by atoms with Gasteiger partial charge in [-0.3, -0.25) is 15.0 Å². The van der Waals surface area contributed by atoms with Crippen molar-refractivity contribution in [2.24, 2.45) is 0 Å². The maximum absolute atomic E-state index is 6.23. The number of furan rings is 3. The molecule has 0 radical (unpaired) electrons. The molecule has 0 aliphatic heterocycles. The first-order valence-electron chi connectivity index (χ1n) is 31.6. The van der Waals surface area contributed by atoms with Crippen LogP contribution in [0.4, 0.5) is 0 Å². The summed E-state index contributed by atoms with van der Waals surface area (Å²) in [6, 6.07) is 86.2. The number of aromatic nitrogens is 9. The van der Waals surface area contributed by atoms with E-state index in [1.54, 1.807) is 18.6 Å². The van der Waals surface area contributed by atoms with E-state index in [4.69, 9.17) is 43.2 Å². The number of fused-ring (bicyclic) bond motifs is 9. The molecule has 0 N–H and O–H groups in total. The minimum absolute atomic E-state index is 0.720. The molecule has 9 aromatic heterocycles. The lowest BCUT2D eigenvalue weighted by Gasteiger charge is -2.09. The Bertz CT molecular complexity index is 5870. The number of rotatable bonds is 9. The van der Waals surface area contributed by atoms with Gasteiger partial charge in [-0.1, -0.05) is 164 Å². The number of benzene rings is 9. The van der Waals surface area contributed by atoms with Gasteiger partial charge in [0.2, 0.25) is 0 Å². The van der Waals surface area contributed by atoms with E-state index in [2.05, 4.69) is 173 Å². The van der Waals surface area contributed by atoms with Crippen molar-refractivity contribution < 1.29 is 13.3 Å². The summed E-state index contributed by atoms with van der Waals surface area (Å²) >= 11 is 0. The summed E-state index contributed by atoms with van der Waals surface area (Å²) in [5.74, 6) is 2.20. The van der Waals surface area contributed by atoms with Gasteiger partial charge in [-0.05, 0) is 140 Å². The topological polar surface area (TPSA) is 155 Å². The zero-order valence-corrected chi connectivity index (χ0v) is 52.5. The molecule has 9 aromatic carbocycles. The molecule has 0 saturated heterocycles.